The van der Waals surface area contributed by atoms with E-state index in [-0.39, 0.29) is 24.3 Å². The van der Waals surface area contributed by atoms with Gasteiger partial charge in [0.2, 0.25) is 0 Å². The molecule has 0 saturated carbocycles. The number of rotatable bonds is 8. The largest absolute Gasteiger partial charge is 0.447 e. The maximum atomic E-state index is 12.1. The molecule has 1 amide bonds. The van der Waals surface area contributed by atoms with Crippen LogP contribution in [0.5, 0.6) is 0 Å². The molecule has 8 heteroatoms. The molecule has 2 heterocycles. The summed E-state index contributed by atoms with van der Waals surface area (Å²) in [6.07, 6.45) is 6.74. The third kappa shape index (κ3) is 5.29. The van der Waals surface area contributed by atoms with Crippen LogP contribution in [0.25, 0.3) is 0 Å². The van der Waals surface area contributed by atoms with Gasteiger partial charge < -0.3 is 14.4 Å². The van der Waals surface area contributed by atoms with Crippen LogP contribution in [0.4, 0.5) is 4.79 Å². The molecule has 1 fully saturated rings. The van der Waals surface area contributed by atoms with Gasteiger partial charge in [-0.2, -0.15) is 0 Å². The van der Waals surface area contributed by atoms with E-state index in [0.29, 0.717) is 18.9 Å². The van der Waals surface area contributed by atoms with Crippen LogP contribution in [0.3, 0.4) is 0 Å². The Labute approximate surface area is 191 Å². The Hall–Kier alpha value is -1.64. The molecule has 32 heavy (non-hydrogen) atoms. The summed E-state index contributed by atoms with van der Waals surface area (Å²) in [6, 6.07) is 6.25. The molecule has 2 aliphatic carbocycles. The standard InChI is InChI=1S/C24H36N2O5S/c1-16(2)31-24(27)26-11-9-17(10-12-26)6-4-5-13-30-23-18-7-8-20-19(14-18)15-21(25-22(20)23)32(3,28)29/h7-8,14,16-17,21-23,25H,4-6,9-13,15H2,1-3H3. The molecule has 7 nitrogen and oxygen atoms in total. The molecule has 2 aliphatic heterocycles. The molecule has 1 saturated heterocycles. The van der Waals surface area contributed by atoms with Gasteiger partial charge in [0.05, 0.1) is 12.1 Å². The predicted molar refractivity (Wildman–Crippen MR) is 123 cm³/mol. The molecule has 1 N–H and O–H groups in total. The van der Waals surface area contributed by atoms with Gasteiger partial charge in [0, 0.05) is 32.4 Å². The Morgan fingerprint density at radius 1 is 1.22 bits per heavy atom. The van der Waals surface area contributed by atoms with Crippen molar-refractivity contribution in [1.82, 2.24) is 10.2 Å². The van der Waals surface area contributed by atoms with Crippen LogP contribution in [0, 0.1) is 5.92 Å². The Bertz CT molecular complexity index is 924. The zero-order valence-electron chi connectivity index (χ0n) is 19.4. The van der Waals surface area contributed by atoms with E-state index in [1.807, 2.05) is 18.7 Å². The Morgan fingerprint density at radius 3 is 2.66 bits per heavy atom. The number of carbonyl (C=O) groups is 1. The zero-order valence-corrected chi connectivity index (χ0v) is 20.2. The number of unbranched alkanes of at least 4 members (excludes halogenated alkanes) is 1. The average Bonchev–Trinajstić information content (AvgIpc) is 2.74. The molecular weight excluding hydrogens is 428 g/mol. The molecule has 1 aromatic carbocycles. The molecule has 3 unspecified atom stereocenters. The number of carbonyl (C=O) groups excluding carboxylic acids is 1. The fourth-order valence-corrected chi connectivity index (χ4v) is 6.04. The molecule has 4 bridgehead atoms. The SMILES string of the molecule is CC(C)OC(=O)N1CCC(CCCCOC2c3ccc4c(c3)CC(S(C)(=O)=O)NC42)CC1. The molecule has 4 aliphatic rings. The summed E-state index contributed by atoms with van der Waals surface area (Å²) in [5, 5.41) is 2.78. The van der Waals surface area contributed by atoms with Crippen LogP contribution in [-0.4, -0.2) is 56.8 Å². The van der Waals surface area contributed by atoms with E-state index in [4.69, 9.17) is 9.47 Å². The fourth-order valence-electron chi connectivity index (χ4n) is 5.17. The van der Waals surface area contributed by atoms with Crippen LogP contribution >= 0.6 is 0 Å². The third-order valence-corrected chi connectivity index (χ3v) is 8.27. The highest BCUT2D eigenvalue weighted by Crippen LogP contribution is 2.44. The minimum atomic E-state index is -3.15. The van der Waals surface area contributed by atoms with Crippen molar-refractivity contribution in [3.8, 4) is 0 Å². The number of nitrogens with one attached hydrogen (secondary N) is 1. The van der Waals surface area contributed by atoms with Gasteiger partial charge in [-0.1, -0.05) is 31.0 Å². The highest BCUT2D eigenvalue weighted by molar-refractivity contribution is 7.91. The monoisotopic (exact) mass is 464 g/mol. The summed E-state index contributed by atoms with van der Waals surface area (Å²) >= 11 is 0. The van der Waals surface area contributed by atoms with Crippen molar-refractivity contribution >= 4 is 15.9 Å². The highest BCUT2D eigenvalue weighted by atomic mass is 32.2. The van der Waals surface area contributed by atoms with Gasteiger partial charge in [-0.05, 0) is 55.7 Å². The smallest absolute Gasteiger partial charge is 0.410 e. The number of sulfone groups is 1. The van der Waals surface area contributed by atoms with E-state index in [1.165, 1.54) is 11.8 Å². The minimum Gasteiger partial charge on any atom is -0.447 e. The second-order valence-corrected chi connectivity index (χ2v) is 12.0. The maximum absolute atomic E-state index is 12.1. The number of likely N-dealkylation sites (tertiary alicyclic amines) is 1. The number of amides is 1. The molecular formula is C24H36N2O5S. The highest BCUT2D eigenvalue weighted by Gasteiger charge is 2.40. The first kappa shape index (κ1) is 23.5. The van der Waals surface area contributed by atoms with Gasteiger partial charge in [-0.15, -0.1) is 0 Å². The lowest BCUT2D eigenvalue weighted by atomic mass is 9.81. The Morgan fingerprint density at radius 2 is 1.97 bits per heavy atom. The first-order valence-electron chi connectivity index (χ1n) is 11.9. The van der Waals surface area contributed by atoms with Crippen molar-refractivity contribution in [3.63, 3.8) is 0 Å². The number of hydrogen-bond acceptors (Lipinski definition) is 6. The van der Waals surface area contributed by atoms with Gasteiger partial charge in [-0.25, -0.2) is 13.2 Å². The van der Waals surface area contributed by atoms with E-state index < -0.39 is 15.2 Å². The van der Waals surface area contributed by atoms with Crippen molar-refractivity contribution in [2.75, 3.05) is 26.0 Å². The summed E-state index contributed by atoms with van der Waals surface area (Å²) in [6.45, 7) is 5.98. The summed E-state index contributed by atoms with van der Waals surface area (Å²) < 4.78 is 35.7. The second-order valence-electron chi connectivity index (χ2n) is 9.77. The maximum Gasteiger partial charge on any atom is 0.410 e. The molecule has 0 spiro atoms. The van der Waals surface area contributed by atoms with Gasteiger partial charge in [0.1, 0.15) is 11.5 Å². The number of hydrogen-bond donors (Lipinski definition) is 1. The first-order chi connectivity index (χ1) is 15.2. The lowest BCUT2D eigenvalue weighted by Crippen LogP contribution is -2.48. The van der Waals surface area contributed by atoms with Crippen LogP contribution in [0.1, 0.15) is 74.8 Å². The zero-order chi connectivity index (χ0) is 22.9. The quantitative estimate of drug-likeness (QED) is 0.590. The molecule has 0 radical (unpaired) electrons. The van der Waals surface area contributed by atoms with Crippen molar-refractivity contribution in [3.05, 3.63) is 34.9 Å². The average molecular weight is 465 g/mol. The van der Waals surface area contributed by atoms with E-state index in [1.54, 1.807) is 0 Å². The van der Waals surface area contributed by atoms with E-state index in [2.05, 4.69) is 23.5 Å². The van der Waals surface area contributed by atoms with E-state index >= 15 is 0 Å². The van der Waals surface area contributed by atoms with Crippen molar-refractivity contribution in [2.24, 2.45) is 5.92 Å². The third-order valence-electron chi connectivity index (χ3n) is 6.93. The summed E-state index contributed by atoms with van der Waals surface area (Å²) in [5.74, 6) is 0.651. The molecule has 1 aromatic rings. The van der Waals surface area contributed by atoms with Crippen LogP contribution in [-0.2, 0) is 25.7 Å². The first-order valence-corrected chi connectivity index (χ1v) is 13.8. The molecule has 5 rings (SSSR count). The number of nitrogens with zero attached hydrogens (tertiary/aromatic N) is 1. The van der Waals surface area contributed by atoms with Crippen molar-refractivity contribution < 1.29 is 22.7 Å². The van der Waals surface area contributed by atoms with Crippen molar-refractivity contribution in [2.45, 2.75) is 76.0 Å². The fraction of sp³-hybridized carbons (Fsp3) is 0.708. The topological polar surface area (TPSA) is 84.9 Å². The van der Waals surface area contributed by atoms with Gasteiger partial charge >= 0.3 is 6.09 Å². The lowest BCUT2D eigenvalue weighted by molar-refractivity contribution is 0.0148. The van der Waals surface area contributed by atoms with Crippen LogP contribution in [0.15, 0.2) is 18.2 Å². The van der Waals surface area contributed by atoms with Crippen LogP contribution in [0.2, 0.25) is 0 Å². The Kier molecular flexibility index (Phi) is 7.12. The predicted octanol–water partition coefficient (Wildman–Crippen LogP) is 3.74. The number of benzene rings is 1. The summed E-state index contributed by atoms with van der Waals surface area (Å²) in [7, 11) is -3.15. The summed E-state index contributed by atoms with van der Waals surface area (Å²) in [5.41, 5.74) is 3.44. The van der Waals surface area contributed by atoms with Gasteiger partial charge in [-0.3, -0.25) is 5.32 Å². The second kappa shape index (κ2) is 9.69. The van der Waals surface area contributed by atoms with Gasteiger partial charge in [0.15, 0.2) is 9.84 Å². The Balaban J connectivity index is 1.19. The van der Waals surface area contributed by atoms with Crippen molar-refractivity contribution in [1.29, 1.82) is 0 Å². The number of fused-ring (bicyclic) bond motifs is 1. The number of ether oxygens (including phenoxy) is 2. The molecule has 178 valence electrons. The lowest BCUT2D eigenvalue weighted by Gasteiger charge is -2.41. The summed E-state index contributed by atoms with van der Waals surface area (Å²) in [4.78, 5) is 13.8. The van der Waals surface area contributed by atoms with Crippen LogP contribution < -0.4 is 5.32 Å². The van der Waals surface area contributed by atoms with Gasteiger partial charge in [0.25, 0.3) is 0 Å². The molecule has 0 aromatic heterocycles. The number of piperidine rings is 1. The normalized spacial score (nSPS) is 25.4. The molecule has 3 atom stereocenters. The van der Waals surface area contributed by atoms with E-state index in [9.17, 15) is 13.2 Å². The minimum absolute atomic E-state index is 0.0709. The van der Waals surface area contributed by atoms with E-state index in [0.717, 1.165) is 56.3 Å².